The van der Waals surface area contributed by atoms with E-state index in [4.69, 9.17) is 5.11 Å². The fourth-order valence-electron chi connectivity index (χ4n) is 3.11. The third-order valence-electron chi connectivity index (χ3n) is 4.63. The first kappa shape index (κ1) is 19.4. The number of amides is 1. The third kappa shape index (κ3) is 5.34. The number of nitrogens with one attached hydrogen (secondary N) is 1. The Morgan fingerprint density at radius 1 is 1.11 bits per heavy atom. The fourth-order valence-corrected chi connectivity index (χ4v) is 3.11. The number of carbonyl (C=O) groups is 1. The Labute approximate surface area is 165 Å². The van der Waals surface area contributed by atoms with Gasteiger partial charge in [-0.1, -0.05) is 48.2 Å². The number of nitrogens with zero attached hydrogens (tertiary/aromatic N) is 1. The molecule has 0 aliphatic rings. The van der Waals surface area contributed by atoms with Gasteiger partial charge in [0.2, 0.25) is 0 Å². The summed E-state index contributed by atoms with van der Waals surface area (Å²) in [4.78, 5) is 15.3. The van der Waals surface area contributed by atoms with Crippen LogP contribution in [-0.4, -0.2) is 21.7 Å². The zero-order valence-electron chi connectivity index (χ0n) is 16.2. The Kier molecular flexibility index (Phi) is 5.96. The predicted octanol–water partition coefficient (Wildman–Crippen LogP) is 5.00. The molecular formula is C24H24N2O2. The van der Waals surface area contributed by atoms with Gasteiger partial charge in [0.25, 0.3) is 0 Å². The van der Waals surface area contributed by atoms with Crippen molar-refractivity contribution in [2.75, 3.05) is 0 Å². The molecule has 1 aromatic heterocycles. The van der Waals surface area contributed by atoms with Crippen molar-refractivity contribution in [2.45, 2.75) is 38.6 Å². The molecule has 0 atom stereocenters. The fraction of sp³-hybridized carbons (Fsp3) is 0.250. The molecule has 3 rings (SSSR count). The summed E-state index contributed by atoms with van der Waals surface area (Å²) in [6, 6.07) is 18.5. The first-order valence-electron chi connectivity index (χ1n) is 9.34. The highest BCUT2D eigenvalue weighted by Gasteiger charge is 2.18. The van der Waals surface area contributed by atoms with Gasteiger partial charge >= 0.3 is 6.09 Å². The molecule has 0 aliphatic heterocycles. The minimum absolute atomic E-state index is 0.476. The molecule has 142 valence electrons. The van der Waals surface area contributed by atoms with Gasteiger partial charge in [0.05, 0.1) is 5.69 Å². The van der Waals surface area contributed by atoms with Crippen LogP contribution < -0.4 is 5.32 Å². The number of rotatable bonds is 5. The van der Waals surface area contributed by atoms with Gasteiger partial charge in [0.1, 0.15) is 0 Å². The van der Waals surface area contributed by atoms with Gasteiger partial charge < -0.3 is 10.4 Å². The lowest BCUT2D eigenvalue weighted by Crippen LogP contribution is -2.42. The Bertz CT molecular complexity index is 1020. The summed E-state index contributed by atoms with van der Waals surface area (Å²) in [5.74, 6) is 6.28. The van der Waals surface area contributed by atoms with Crippen LogP contribution in [0.2, 0.25) is 0 Å². The molecule has 28 heavy (non-hydrogen) atoms. The maximum absolute atomic E-state index is 10.8. The van der Waals surface area contributed by atoms with Crippen LogP contribution >= 0.6 is 0 Å². The summed E-state index contributed by atoms with van der Waals surface area (Å²) >= 11 is 0. The molecular weight excluding hydrogens is 348 g/mol. The molecule has 4 heteroatoms. The second-order valence-electron chi connectivity index (χ2n) is 7.47. The Morgan fingerprint density at radius 3 is 2.61 bits per heavy atom. The van der Waals surface area contributed by atoms with E-state index in [1.54, 1.807) is 0 Å². The van der Waals surface area contributed by atoms with Crippen LogP contribution in [0.25, 0.3) is 10.8 Å². The number of hydrogen-bond acceptors (Lipinski definition) is 2. The standard InChI is InChI=1S/C24H24N2O2/c1-24(2,26-23(27)28)15-6-5-7-18-10-12-19(13-11-18)17-22-21-9-4-3-8-20(21)14-16-25-22/h3-4,8-14,16,26H,6,15,17H2,1-2H3,(H,27,28). The molecule has 2 aromatic carbocycles. The maximum Gasteiger partial charge on any atom is 0.405 e. The van der Waals surface area contributed by atoms with E-state index in [1.807, 2.05) is 50.4 Å². The average Bonchev–Trinajstić information content (AvgIpc) is 2.66. The van der Waals surface area contributed by atoms with Crippen LogP contribution in [-0.2, 0) is 6.42 Å². The van der Waals surface area contributed by atoms with Crippen LogP contribution in [0.1, 0.15) is 43.5 Å². The number of pyridine rings is 1. The molecule has 0 spiro atoms. The molecule has 1 amide bonds. The van der Waals surface area contributed by atoms with Crippen LogP contribution in [0, 0.1) is 11.8 Å². The maximum atomic E-state index is 10.8. The molecule has 4 nitrogen and oxygen atoms in total. The van der Waals surface area contributed by atoms with E-state index in [-0.39, 0.29) is 0 Å². The zero-order chi connectivity index (χ0) is 20.0. The average molecular weight is 372 g/mol. The normalized spacial score (nSPS) is 10.9. The number of fused-ring (bicyclic) bond motifs is 1. The summed E-state index contributed by atoms with van der Waals surface area (Å²) in [6.07, 6.45) is 2.93. The number of hydrogen-bond donors (Lipinski definition) is 2. The first-order chi connectivity index (χ1) is 13.4. The second kappa shape index (κ2) is 8.58. The summed E-state index contributed by atoms with van der Waals surface area (Å²) in [6.45, 7) is 3.72. The van der Waals surface area contributed by atoms with Crippen LogP contribution in [0.3, 0.4) is 0 Å². The van der Waals surface area contributed by atoms with Crippen molar-refractivity contribution in [1.82, 2.24) is 10.3 Å². The number of carboxylic acid groups (broad SMARTS) is 1. The quantitative estimate of drug-likeness (QED) is 0.619. The molecule has 3 aromatic rings. The molecule has 0 unspecified atom stereocenters. The van der Waals surface area contributed by atoms with Crippen molar-refractivity contribution in [3.8, 4) is 11.8 Å². The molecule has 2 N–H and O–H groups in total. The van der Waals surface area contributed by atoms with Crippen molar-refractivity contribution < 1.29 is 9.90 Å². The van der Waals surface area contributed by atoms with Crippen LogP contribution in [0.15, 0.2) is 60.8 Å². The first-order valence-corrected chi connectivity index (χ1v) is 9.34. The lowest BCUT2D eigenvalue weighted by molar-refractivity contribution is 0.181. The summed E-state index contributed by atoms with van der Waals surface area (Å²) in [5.41, 5.74) is 2.75. The SMILES string of the molecule is CC(C)(CCC#Cc1ccc(Cc2nccc3ccccc23)cc1)NC(=O)O. The second-order valence-corrected chi connectivity index (χ2v) is 7.47. The van der Waals surface area contributed by atoms with Crippen LogP contribution in [0.5, 0.6) is 0 Å². The van der Waals surface area contributed by atoms with Gasteiger partial charge in [-0.15, -0.1) is 0 Å². The highest BCUT2D eigenvalue weighted by molar-refractivity contribution is 5.84. The van der Waals surface area contributed by atoms with E-state index >= 15 is 0 Å². The molecule has 0 radical (unpaired) electrons. The highest BCUT2D eigenvalue weighted by Crippen LogP contribution is 2.19. The monoisotopic (exact) mass is 372 g/mol. The van der Waals surface area contributed by atoms with E-state index in [0.29, 0.717) is 12.8 Å². The summed E-state index contributed by atoms with van der Waals surface area (Å²) in [7, 11) is 0. The molecule has 0 saturated carbocycles. The van der Waals surface area contributed by atoms with E-state index in [0.717, 1.165) is 17.7 Å². The van der Waals surface area contributed by atoms with Crippen LogP contribution in [0.4, 0.5) is 4.79 Å². The van der Waals surface area contributed by atoms with Crippen molar-refractivity contribution in [3.63, 3.8) is 0 Å². The smallest absolute Gasteiger partial charge is 0.405 e. The Morgan fingerprint density at radius 2 is 1.86 bits per heavy atom. The van der Waals surface area contributed by atoms with Gasteiger partial charge in [0.15, 0.2) is 0 Å². The van der Waals surface area contributed by atoms with Gasteiger partial charge in [0, 0.05) is 35.5 Å². The van der Waals surface area contributed by atoms with Crippen molar-refractivity contribution >= 4 is 16.9 Å². The van der Waals surface area contributed by atoms with Crippen molar-refractivity contribution in [1.29, 1.82) is 0 Å². The van der Waals surface area contributed by atoms with E-state index in [2.05, 4.69) is 46.4 Å². The summed E-state index contributed by atoms with van der Waals surface area (Å²) in [5, 5.41) is 13.7. The molecule has 0 bridgehead atoms. The van der Waals surface area contributed by atoms with Gasteiger partial charge in [-0.2, -0.15) is 0 Å². The minimum atomic E-state index is -1.01. The third-order valence-corrected chi connectivity index (χ3v) is 4.63. The number of aromatic nitrogens is 1. The van der Waals surface area contributed by atoms with Gasteiger partial charge in [-0.05, 0) is 49.4 Å². The molecule has 0 fully saturated rings. The lowest BCUT2D eigenvalue weighted by atomic mass is 9.99. The Balaban J connectivity index is 1.62. The van der Waals surface area contributed by atoms with E-state index in [1.165, 1.54) is 16.3 Å². The molecule has 1 heterocycles. The summed E-state index contributed by atoms with van der Waals surface area (Å²) < 4.78 is 0. The lowest BCUT2D eigenvalue weighted by Gasteiger charge is -2.23. The zero-order valence-corrected chi connectivity index (χ0v) is 16.2. The van der Waals surface area contributed by atoms with Crippen molar-refractivity contribution in [3.05, 3.63) is 77.6 Å². The highest BCUT2D eigenvalue weighted by atomic mass is 16.4. The van der Waals surface area contributed by atoms with Gasteiger partial charge in [-0.25, -0.2) is 4.79 Å². The number of benzene rings is 2. The Hall–Kier alpha value is -3.32. The van der Waals surface area contributed by atoms with Gasteiger partial charge in [-0.3, -0.25) is 4.98 Å². The van der Waals surface area contributed by atoms with E-state index in [9.17, 15) is 4.79 Å². The predicted molar refractivity (Wildman–Crippen MR) is 112 cm³/mol. The largest absolute Gasteiger partial charge is 0.465 e. The van der Waals surface area contributed by atoms with E-state index < -0.39 is 11.6 Å². The molecule has 0 aliphatic carbocycles. The van der Waals surface area contributed by atoms with Crippen molar-refractivity contribution in [2.24, 2.45) is 0 Å². The molecule has 0 saturated heterocycles. The minimum Gasteiger partial charge on any atom is -0.465 e. The topological polar surface area (TPSA) is 62.2 Å².